The number of nitrogens with one attached hydrogen (secondary N) is 1. The normalized spacial score (nSPS) is 14.2. The molecule has 1 aliphatic heterocycles. The summed E-state index contributed by atoms with van der Waals surface area (Å²) in [6, 6.07) is 14.8. The van der Waals surface area contributed by atoms with Crippen LogP contribution in [0.3, 0.4) is 0 Å². The molecule has 0 spiro atoms. The molecule has 0 aromatic heterocycles. The number of benzene rings is 2. The number of rotatable bonds is 4. The topological polar surface area (TPSA) is 49.4 Å². The molecule has 3 rings (SSSR count). The molecule has 2 aromatic rings. The van der Waals surface area contributed by atoms with Gasteiger partial charge in [0.1, 0.15) is 0 Å². The molecule has 25 heavy (non-hydrogen) atoms. The summed E-state index contributed by atoms with van der Waals surface area (Å²) in [5.41, 5.74) is 2.92. The maximum atomic E-state index is 12.8. The number of carbonyl (C=O) groups excluding carboxylic acids is 2. The van der Waals surface area contributed by atoms with Crippen molar-refractivity contribution < 1.29 is 9.59 Å². The summed E-state index contributed by atoms with van der Waals surface area (Å²) >= 11 is 0. The van der Waals surface area contributed by atoms with Gasteiger partial charge >= 0.3 is 0 Å². The van der Waals surface area contributed by atoms with E-state index in [1.165, 1.54) is 12.0 Å². The molecular formula is C21H24N2O2. The highest BCUT2D eigenvalue weighted by molar-refractivity contribution is 6.09. The van der Waals surface area contributed by atoms with E-state index in [0.29, 0.717) is 16.8 Å². The first-order valence-electron chi connectivity index (χ1n) is 8.97. The number of amides is 2. The molecule has 0 radical (unpaired) electrons. The molecule has 1 heterocycles. The van der Waals surface area contributed by atoms with Gasteiger partial charge in [-0.05, 0) is 55.5 Å². The van der Waals surface area contributed by atoms with Gasteiger partial charge in [-0.1, -0.05) is 31.2 Å². The molecule has 0 unspecified atom stereocenters. The van der Waals surface area contributed by atoms with E-state index in [-0.39, 0.29) is 11.8 Å². The van der Waals surface area contributed by atoms with Crippen molar-refractivity contribution in [2.24, 2.45) is 0 Å². The van der Waals surface area contributed by atoms with Crippen molar-refractivity contribution in [3.8, 4) is 0 Å². The lowest BCUT2D eigenvalue weighted by molar-refractivity contribution is 0.0725. The van der Waals surface area contributed by atoms with Crippen LogP contribution in [-0.2, 0) is 6.42 Å². The van der Waals surface area contributed by atoms with Crippen molar-refractivity contribution in [2.45, 2.75) is 32.6 Å². The van der Waals surface area contributed by atoms with Crippen LogP contribution >= 0.6 is 0 Å². The molecule has 1 saturated heterocycles. The summed E-state index contributed by atoms with van der Waals surface area (Å²) in [6.07, 6.45) is 4.21. The summed E-state index contributed by atoms with van der Waals surface area (Å²) in [5.74, 6) is -0.196. The molecule has 4 nitrogen and oxygen atoms in total. The average molecular weight is 336 g/mol. The zero-order valence-electron chi connectivity index (χ0n) is 14.6. The lowest BCUT2D eigenvalue weighted by Crippen LogP contribution is -2.36. The monoisotopic (exact) mass is 336 g/mol. The number of para-hydroxylation sites is 1. The van der Waals surface area contributed by atoms with Gasteiger partial charge in [-0.25, -0.2) is 0 Å². The SMILES string of the molecule is CCc1ccc(C(=O)Nc2ccccc2C(=O)N2CCCCC2)cc1. The van der Waals surface area contributed by atoms with Gasteiger partial charge in [0, 0.05) is 18.7 Å². The number of hydrogen-bond acceptors (Lipinski definition) is 2. The van der Waals surface area contributed by atoms with Crippen molar-refractivity contribution in [1.29, 1.82) is 0 Å². The van der Waals surface area contributed by atoms with Crippen LogP contribution < -0.4 is 5.32 Å². The second kappa shape index (κ2) is 7.97. The summed E-state index contributed by atoms with van der Waals surface area (Å²) in [4.78, 5) is 27.2. The summed E-state index contributed by atoms with van der Waals surface area (Å²) in [7, 11) is 0. The molecule has 4 heteroatoms. The highest BCUT2D eigenvalue weighted by Crippen LogP contribution is 2.21. The molecule has 0 bridgehead atoms. The predicted molar refractivity (Wildman–Crippen MR) is 100.0 cm³/mol. The number of likely N-dealkylation sites (tertiary alicyclic amines) is 1. The van der Waals surface area contributed by atoms with E-state index in [0.717, 1.165) is 32.4 Å². The van der Waals surface area contributed by atoms with Crippen LogP contribution in [0.5, 0.6) is 0 Å². The smallest absolute Gasteiger partial charge is 0.255 e. The van der Waals surface area contributed by atoms with E-state index < -0.39 is 0 Å². The average Bonchev–Trinajstić information content (AvgIpc) is 2.68. The fourth-order valence-corrected chi connectivity index (χ4v) is 3.13. The van der Waals surface area contributed by atoms with Crippen LogP contribution in [0, 0.1) is 0 Å². The lowest BCUT2D eigenvalue weighted by Gasteiger charge is -2.27. The van der Waals surface area contributed by atoms with Crippen LogP contribution in [-0.4, -0.2) is 29.8 Å². The third-order valence-electron chi connectivity index (χ3n) is 4.67. The third kappa shape index (κ3) is 4.08. The fourth-order valence-electron chi connectivity index (χ4n) is 3.13. The van der Waals surface area contributed by atoms with Gasteiger partial charge in [0.15, 0.2) is 0 Å². The molecule has 1 N–H and O–H groups in total. The van der Waals surface area contributed by atoms with Crippen molar-refractivity contribution in [3.05, 3.63) is 65.2 Å². The van der Waals surface area contributed by atoms with E-state index in [1.807, 2.05) is 41.3 Å². The Morgan fingerprint density at radius 3 is 2.32 bits per heavy atom. The highest BCUT2D eigenvalue weighted by atomic mass is 16.2. The molecular weight excluding hydrogens is 312 g/mol. The Morgan fingerprint density at radius 2 is 1.64 bits per heavy atom. The molecule has 130 valence electrons. The van der Waals surface area contributed by atoms with Crippen molar-refractivity contribution >= 4 is 17.5 Å². The fraction of sp³-hybridized carbons (Fsp3) is 0.333. The summed E-state index contributed by atoms with van der Waals surface area (Å²) in [6.45, 7) is 3.66. The Kier molecular flexibility index (Phi) is 5.49. The Bertz CT molecular complexity index is 747. The van der Waals surface area contributed by atoms with Crippen molar-refractivity contribution in [3.63, 3.8) is 0 Å². The quantitative estimate of drug-likeness (QED) is 0.913. The van der Waals surface area contributed by atoms with Crippen molar-refractivity contribution in [2.75, 3.05) is 18.4 Å². The zero-order valence-corrected chi connectivity index (χ0v) is 14.6. The van der Waals surface area contributed by atoms with E-state index in [9.17, 15) is 9.59 Å². The number of aryl methyl sites for hydroxylation is 1. The minimum Gasteiger partial charge on any atom is -0.339 e. The molecule has 1 fully saturated rings. The maximum Gasteiger partial charge on any atom is 0.255 e. The van der Waals surface area contributed by atoms with Gasteiger partial charge in [-0.3, -0.25) is 9.59 Å². The first-order chi connectivity index (χ1) is 12.2. The minimum atomic E-state index is -0.193. The van der Waals surface area contributed by atoms with Crippen LogP contribution in [0.1, 0.15) is 52.5 Å². The van der Waals surface area contributed by atoms with Gasteiger partial charge < -0.3 is 10.2 Å². The van der Waals surface area contributed by atoms with Gasteiger partial charge in [-0.2, -0.15) is 0 Å². The Hall–Kier alpha value is -2.62. The summed E-state index contributed by atoms with van der Waals surface area (Å²) < 4.78 is 0. The van der Waals surface area contributed by atoms with Gasteiger partial charge in [0.2, 0.25) is 0 Å². The first kappa shape index (κ1) is 17.2. The van der Waals surface area contributed by atoms with Crippen LogP contribution in [0.25, 0.3) is 0 Å². The number of nitrogens with zero attached hydrogens (tertiary/aromatic N) is 1. The molecule has 0 atom stereocenters. The van der Waals surface area contributed by atoms with E-state index in [1.54, 1.807) is 12.1 Å². The molecule has 2 aromatic carbocycles. The van der Waals surface area contributed by atoms with Gasteiger partial charge in [-0.15, -0.1) is 0 Å². The second-order valence-electron chi connectivity index (χ2n) is 6.40. The predicted octanol–water partition coefficient (Wildman–Crippen LogP) is 4.13. The second-order valence-corrected chi connectivity index (χ2v) is 6.40. The molecule has 0 saturated carbocycles. The Morgan fingerprint density at radius 1 is 0.960 bits per heavy atom. The summed E-state index contributed by atoms with van der Waals surface area (Å²) in [5, 5.41) is 2.90. The number of anilines is 1. The van der Waals surface area contributed by atoms with E-state index >= 15 is 0 Å². The number of carbonyl (C=O) groups is 2. The molecule has 0 aliphatic carbocycles. The Labute approximate surface area is 148 Å². The Balaban J connectivity index is 1.77. The van der Waals surface area contributed by atoms with Crippen LogP contribution in [0.4, 0.5) is 5.69 Å². The molecule has 1 aliphatic rings. The minimum absolute atomic E-state index is 0.00284. The van der Waals surface area contributed by atoms with E-state index in [4.69, 9.17) is 0 Å². The maximum absolute atomic E-state index is 12.8. The zero-order chi connectivity index (χ0) is 17.6. The highest BCUT2D eigenvalue weighted by Gasteiger charge is 2.21. The van der Waals surface area contributed by atoms with Crippen LogP contribution in [0.15, 0.2) is 48.5 Å². The van der Waals surface area contributed by atoms with Gasteiger partial charge in [0.05, 0.1) is 11.3 Å². The number of hydrogen-bond donors (Lipinski definition) is 1. The van der Waals surface area contributed by atoms with Crippen LogP contribution in [0.2, 0.25) is 0 Å². The lowest BCUT2D eigenvalue weighted by atomic mass is 10.1. The number of piperidine rings is 1. The van der Waals surface area contributed by atoms with E-state index in [2.05, 4.69) is 12.2 Å². The third-order valence-corrected chi connectivity index (χ3v) is 4.67. The largest absolute Gasteiger partial charge is 0.339 e. The molecule has 2 amide bonds. The van der Waals surface area contributed by atoms with Gasteiger partial charge in [0.25, 0.3) is 11.8 Å². The standard InChI is InChI=1S/C21H24N2O2/c1-2-16-10-12-17(13-11-16)20(24)22-19-9-5-4-8-18(19)21(25)23-14-6-3-7-15-23/h4-5,8-13H,2-3,6-7,14-15H2,1H3,(H,22,24). The van der Waals surface area contributed by atoms with Crippen molar-refractivity contribution in [1.82, 2.24) is 4.90 Å². The first-order valence-corrected chi connectivity index (χ1v) is 8.97.